The first kappa shape index (κ1) is 20.8. The summed E-state index contributed by atoms with van der Waals surface area (Å²) >= 11 is 7.98. The molecule has 0 unspecified atom stereocenters. The number of rotatable bonds is 4. The standard InChI is InChI=1S/C23H21ClN4O3S/c1-14-19(20(26-31-14)15-6-3-4-7-16(15)24)22(29)27-10-12-28(13-11-27)23-25-21-17(30-2)8-5-9-18(21)32-23/h3-9H,10-13H2,1-2H3. The highest BCUT2D eigenvalue weighted by atomic mass is 35.5. The number of carbonyl (C=O) groups excluding carboxylic acids is 1. The topological polar surface area (TPSA) is 71.7 Å². The van der Waals surface area contributed by atoms with Crippen LogP contribution in [0.5, 0.6) is 5.75 Å². The highest BCUT2D eigenvalue weighted by Crippen LogP contribution is 2.35. The van der Waals surface area contributed by atoms with Crippen LogP contribution in [0.2, 0.25) is 5.02 Å². The zero-order chi connectivity index (χ0) is 22.2. The van der Waals surface area contributed by atoms with Crippen molar-refractivity contribution in [2.45, 2.75) is 6.92 Å². The third-order valence-corrected chi connectivity index (χ3v) is 7.04. The summed E-state index contributed by atoms with van der Waals surface area (Å²) in [5.74, 6) is 1.17. The van der Waals surface area contributed by atoms with Crippen LogP contribution >= 0.6 is 22.9 Å². The summed E-state index contributed by atoms with van der Waals surface area (Å²) in [6, 6.07) is 13.3. The van der Waals surface area contributed by atoms with E-state index in [2.05, 4.69) is 10.1 Å². The zero-order valence-corrected chi connectivity index (χ0v) is 19.2. The van der Waals surface area contributed by atoms with Gasteiger partial charge in [0.15, 0.2) is 5.13 Å². The van der Waals surface area contributed by atoms with E-state index in [0.717, 1.165) is 21.1 Å². The van der Waals surface area contributed by atoms with Gasteiger partial charge in [0.1, 0.15) is 28.3 Å². The summed E-state index contributed by atoms with van der Waals surface area (Å²) in [5, 5.41) is 5.60. The molecule has 2 aromatic heterocycles. The number of hydrogen-bond acceptors (Lipinski definition) is 7. The largest absolute Gasteiger partial charge is 0.494 e. The van der Waals surface area contributed by atoms with Crippen LogP contribution in [-0.4, -0.2) is 54.2 Å². The van der Waals surface area contributed by atoms with Crippen molar-refractivity contribution in [2.75, 3.05) is 38.2 Å². The first-order chi connectivity index (χ1) is 15.6. The number of hydrogen-bond donors (Lipinski definition) is 0. The summed E-state index contributed by atoms with van der Waals surface area (Å²) in [5.41, 5.74) is 2.52. The van der Waals surface area contributed by atoms with Gasteiger partial charge >= 0.3 is 0 Å². The summed E-state index contributed by atoms with van der Waals surface area (Å²) < 4.78 is 11.9. The fraction of sp³-hybridized carbons (Fsp3) is 0.261. The Labute approximate surface area is 194 Å². The average Bonchev–Trinajstić information content (AvgIpc) is 3.42. The molecule has 1 amide bonds. The molecule has 1 fully saturated rings. The molecule has 9 heteroatoms. The lowest BCUT2D eigenvalue weighted by atomic mass is 10.0. The minimum Gasteiger partial charge on any atom is -0.494 e. The quantitative estimate of drug-likeness (QED) is 0.425. The number of piperazine rings is 1. The van der Waals surface area contributed by atoms with Gasteiger partial charge in [-0.15, -0.1) is 0 Å². The van der Waals surface area contributed by atoms with Crippen LogP contribution in [0.3, 0.4) is 0 Å². The van der Waals surface area contributed by atoms with Crippen LogP contribution < -0.4 is 9.64 Å². The number of fused-ring (bicyclic) bond motifs is 1. The van der Waals surface area contributed by atoms with E-state index in [1.54, 1.807) is 31.4 Å². The molecular formula is C23H21ClN4O3S. The first-order valence-electron chi connectivity index (χ1n) is 10.3. The Balaban J connectivity index is 1.35. The number of nitrogens with zero attached hydrogens (tertiary/aromatic N) is 4. The van der Waals surface area contributed by atoms with Gasteiger partial charge in [-0.1, -0.05) is 52.4 Å². The minimum atomic E-state index is -0.0933. The lowest BCUT2D eigenvalue weighted by Gasteiger charge is -2.34. The van der Waals surface area contributed by atoms with Crippen molar-refractivity contribution in [1.29, 1.82) is 0 Å². The lowest BCUT2D eigenvalue weighted by Crippen LogP contribution is -2.49. The van der Waals surface area contributed by atoms with Gasteiger partial charge in [-0.25, -0.2) is 4.98 Å². The van der Waals surface area contributed by atoms with Crippen LogP contribution in [0.1, 0.15) is 16.1 Å². The van der Waals surface area contributed by atoms with Crippen LogP contribution in [-0.2, 0) is 0 Å². The molecule has 0 atom stereocenters. The number of halogens is 1. The second-order valence-electron chi connectivity index (χ2n) is 7.52. The fourth-order valence-electron chi connectivity index (χ4n) is 3.93. The molecule has 1 aliphatic heterocycles. The molecule has 0 N–H and O–H groups in total. The van der Waals surface area contributed by atoms with Crippen molar-refractivity contribution in [3.63, 3.8) is 0 Å². The number of anilines is 1. The Kier molecular flexibility index (Phi) is 5.48. The smallest absolute Gasteiger partial charge is 0.259 e. The van der Waals surface area contributed by atoms with E-state index in [4.69, 9.17) is 25.8 Å². The number of amides is 1. The summed E-state index contributed by atoms with van der Waals surface area (Å²) in [6.45, 7) is 4.31. The molecule has 32 heavy (non-hydrogen) atoms. The predicted octanol–water partition coefficient (Wildman–Crippen LogP) is 4.88. The molecule has 0 spiro atoms. The van der Waals surface area contributed by atoms with Crippen molar-refractivity contribution in [2.24, 2.45) is 0 Å². The highest BCUT2D eigenvalue weighted by molar-refractivity contribution is 7.22. The van der Waals surface area contributed by atoms with E-state index in [-0.39, 0.29) is 5.91 Å². The first-order valence-corrected chi connectivity index (χ1v) is 11.4. The molecule has 1 saturated heterocycles. The van der Waals surface area contributed by atoms with Gasteiger partial charge in [-0.3, -0.25) is 4.79 Å². The van der Waals surface area contributed by atoms with Gasteiger partial charge < -0.3 is 19.1 Å². The lowest BCUT2D eigenvalue weighted by molar-refractivity contribution is 0.0745. The van der Waals surface area contributed by atoms with Crippen molar-refractivity contribution >= 4 is 44.2 Å². The number of thiazole rings is 1. The Hall–Kier alpha value is -3.10. The second-order valence-corrected chi connectivity index (χ2v) is 8.94. The monoisotopic (exact) mass is 468 g/mol. The van der Waals surface area contributed by atoms with E-state index in [1.165, 1.54) is 0 Å². The third kappa shape index (κ3) is 3.59. The maximum Gasteiger partial charge on any atom is 0.259 e. The number of ether oxygens (including phenoxy) is 1. The predicted molar refractivity (Wildman–Crippen MR) is 126 cm³/mol. The molecule has 164 valence electrons. The van der Waals surface area contributed by atoms with Gasteiger partial charge in [-0.2, -0.15) is 0 Å². The van der Waals surface area contributed by atoms with Crippen LogP contribution in [0.4, 0.5) is 5.13 Å². The Morgan fingerprint density at radius 2 is 1.91 bits per heavy atom. The molecule has 0 aliphatic carbocycles. The van der Waals surface area contributed by atoms with E-state index in [9.17, 15) is 4.79 Å². The van der Waals surface area contributed by atoms with Gasteiger partial charge in [0, 0.05) is 31.7 Å². The van der Waals surface area contributed by atoms with E-state index >= 15 is 0 Å². The fourth-order valence-corrected chi connectivity index (χ4v) is 5.19. The minimum absolute atomic E-state index is 0.0933. The molecule has 0 bridgehead atoms. The average molecular weight is 469 g/mol. The van der Waals surface area contributed by atoms with E-state index < -0.39 is 0 Å². The zero-order valence-electron chi connectivity index (χ0n) is 17.7. The highest BCUT2D eigenvalue weighted by Gasteiger charge is 2.30. The summed E-state index contributed by atoms with van der Waals surface area (Å²) in [7, 11) is 1.65. The number of carbonyl (C=O) groups is 1. The number of benzene rings is 2. The molecule has 7 nitrogen and oxygen atoms in total. The second kappa shape index (κ2) is 8.44. The van der Waals surface area contributed by atoms with E-state index in [1.807, 2.05) is 41.3 Å². The van der Waals surface area contributed by atoms with Crippen LogP contribution in [0.15, 0.2) is 47.0 Å². The van der Waals surface area contributed by atoms with Crippen LogP contribution in [0, 0.1) is 6.92 Å². The Morgan fingerprint density at radius 1 is 1.12 bits per heavy atom. The number of methoxy groups -OCH3 is 1. The summed E-state index contributed by atoms with van der Waals surface area (Å²) in [4.78, 5) is 22.2. The van der Waals surface area contributed by atoms with Crippen molar-refractivity contribution in [3.8, 4) is 17.0 Å². The molecular weight excluding hydrogens is 448 g/mol. The molecule has 2 aromatic carbocycles. The van der Waals surface area contributed by atoms with Crippen molar-refractivity contribution in [1.82, 2.24) is 15.0 Å². The summed E-state index contributed by atoms with van der Waals surface area (Å²) in [6.07, 6.45) is 0. The van der Waals surface area contributed by atoms with Gasteiger partial charge in [0.2, 0.25) is 0 Å². The van der Waals surface area contributed by atoms with Crippen molar-refractivity contribution in [3.05, 3.63) is 58.8 Å². The van der Waals surface area contributed by atoms with Gasteiger partial charge in [0.05, 0.1) is 16.8 Å². The normalized spacial score (nSPS) is 14.2. The maximum atomic E-state index is 13.4. The molecule has 1 aliphatic rings. The molecule has 5 rings (SSSR count). The van der Waals surface area contributed by atoms with Crippen molar-refractivity contribution < 1.29 is 14.1 Å². The number of aromatic nitrogens is 2. The van der Waals surface area contributed by atoms with Crippen LogP contribution in [0.25, 0.3) is 21.5 Å². The molecule has 3 heterocycles. The Morgan fingerprint density at radius 3 is 2.66 bits per heavy atom. The number of aryl methyl sites for hydroxylation is 1. The SMILES string of the molecule is COc1cccc2sc(N3CCN(C(=O)c4c(-c5ccccc5Cl)noc4C)CC3)nc12. The molecule has 0 saturated carbocycles. The number of para-hydroxylation sites is 1. The Bertz CT molecular complexity index is 1290. The maximum absolute atomic E-state index is 13.4. The van der Waals surface area contributed by atoms with Gasteiger partial charge in [0.25, 0.3) is 5.91 Å². The molecule has 4 aromatic rings. The van der Waals surface area contributed by atoms with E-state index in [0.29, 0.717) is 53.8 Å². The van der Waals surface area contributed by atoms with Gasteiger partial charge in [-0.05, 0) is 25.1 Å². The third-order valence-electron chi connectivity index (χ3n) is 5.63. The molecule has 0 radical (unpaired) electrons.